The van der Waals surface area contributed by atoms with Gasteiger partial charge < -0.3 is 15.4 Å². The van der Waals surface area contributed by atoms with Crippen molar-refractivity contribution in [3.05, 3.63) is 35.4 Å². The Morgan fingerprint density at radius 1 is 1.30 bits per heavy atom. The summed E-state index contributed by atoms with van der Waals surface area (Å²) >= 11 is 5.74. The van der Waals surface area contributed by atoms with Crippen LogP contribution in [0.1, 0.15) is 6.92 Å². The van der Waals surface area contributed by atoms with E-state index in [9.17, 15) is 4.39 Å². The molecule has 0 saturated heterocycles. The van der Waals surface area contributed by atoms with Crippen molar-refractivity contribution < 1.29 is 9.13 Å². The highest BCUT2D eigenvalue weighted by molar-refractivity contribution is 6.31. The number of benzene rings is 1. The highest BCUT2D eigenvalue weighted by Crippen LogP contribution is 2.32. The van der Waals surface area contributed by atoms with E-state index >= 15 is 0 Å². The monoisotopic (exact) mass is 296 g/mol. The van der Waals surface area contributed by atoms with Gasteiger partial charge in [-0.25, -0.2) is 14.4 Å². The van der Waals surface area contributed by atoms with Gasteiger partial charge in [0.25, 0.3) is 0 Å². The molecule has 0 aliphatic rings. The molecular formula is C13H14ClFN4O. The Labute approximate surface area is 121 Å². The van der Waals surface area contributed by atoms with Crippen LogP contribution in [-0.4, -0.2) is 23.6 Å². The summed E-state index contributed by atoms with van der Waals surface area (Å²) in [5.41, 5.74) is 0.219. The summed E-state index contributed by atoms with van der Waals surface area (Å²) in [6.45, 7) is 2.61. The Hall–Kier alpha value is -2.08. The van der Waals surface area contributed by atoms with Gasteiger partial charge in [-0.05, 0) is 19.1 Å². The summed E-state index contributed by atoms with van der Waals surface area (Å²) in [4.78, 5) is 8.14. The first kappa shape index (κ1) is 14.3. The zero-order valence-electron chi connectivity index (χ0n) is 11.1. The number of hydrogen-bond donors (Lipinski definition) is 2. The van der Waals surface area contributed by atoms with E-state index in [1.807, 2.05) is 6.92 Å². The largest absolute Gasteiger partial charge is 0.490 e. The minimum atomic E-state index is -0.542. The molecule has 0 radical (unpaired) electrons. The quantitative estimate of drug-likeness (QED) is 0.885. The average molecular weight is 297 g/mol. The molecule has 0 amide bonds. The Morgan fingerprint density at radius 3 is 2.75 bits per heavy atom. The van der Waals surface area contributed by atoms with Crippen LogP contribution in [0.5, 0.6) is 5.75 Å². The minimum Gasteiger partial charge on any atom is -0.490 e. The molecular weight excluding hydrogens is 283 g/mol. The Morgan fingerprint density at radius 2 is 2.05 bits per heavy atom. The maximum atomic E-state index is 13.9. The maximum Gasteiger partial charge on any atom is 0.204 e. The van der Waals surface area contributed by atoms with Gasteiger partial charge in [0.15, 0.2) is 17.5 Å². The Balaban J connectivity index is 2.38. The van der Waals surface area contributed by atoms with Crippen LogP contribution in [-0.2, 0) is 0 Å². The van der Waals surface area contributed by atoms with Gasteiger partial charge in [-0.2, -0.15) is 0 Å². The number of aromatic nitrogens is 2. The van der Waals surface area contributed by atoms with Crippen molar-refractivity contribution in [3.8, 4) is 5.75 Å². The van der Waals surface area contributed by atoms with Gasteiger partial charge in [0.05, 0.1) is 17.8 Å². The van der Waals surface area contributed by atoms with Gasteiger partial charge >= 0.3 is 0 Å². The summed E-state index contributed by atoms with van der Waals surface area (Å²) in [5.74, 6) is 0.767. The maximum absolute atomic E-state index is 13.9. The molecule has 7 heteroatoms. The van der Waals surface area contributed by atoms with Crippen molar-refractivity contribution in [2.75, 3.05) is 24.3 Å². The third kappa shape index (κ3) is 2.91. The summed E-state index contributed by atoms with van der Waals surface area (Å²) in [6.07, 6.45) is 1.37. The SMILES string of the molecule is CCNc1ncnc(Nc2cccc(Cl)c2F)c1OC. The highest BCUT2D eigenvalue weighted by atomic mass is 35.5. The van der Waals surface area contributed by atoms with Crippen LogP contribution in [0, 0.1) is 5.82 Å². The van der Waals surface area contributed by atoms with Crippen LogP contribution >= 0.6 is 11.6 Å². The normalized spacial score (nSPS) is 10.2. The van der Waals surface area contributed by atoms with Gasteiger partial charge in [0.2, 0.25) is 5.75 Å². The van der Waals surface area contributed by atoms with Crippen LogP contribution in [0.25, 0.3) is 0 Å². The lowest BCUT2D eigenvalue weighted by molar-refractivity contribution is 0.415. The zero-order valence-corrected chi connectivity index (χ0v) is 11.8. The first-order valence-corrected chi connectivity index (χ1v) is 6.39. The molecule has 0 saturated carbocycles. The zero-order chi connectivity index (χ0) is 14.5. The molecule has 0 aliphatic carbocycles. The van der Waals surface area contributed by atoms with Crippen LogP contribution < -0.4 is 15.4 Å². The molecule has 0 unspecified atom stereocenters. The smallest absolute Gasteiger partial charge is 0.204 e. The highest BCUT2D eigenvalue weighted by Gasteiger charge is 2.14. The molecule has 2 rings (SSSR count). The van der Waals surface area contributed by atoms with E-state index in [0.29, 0.717) is 23.9 Å². The van der Waals surface area contributed by atoms with Crippen molar-refractivity contribution >= 4 is 28.9 Å². The van der Waals surface area contributed by atoms with Crippen molar-refractivity contribution in [1.29, 1.82) is 0 Å². The number of rotatable bonds is 5. The molecule has 1 heterocycles. The van der Waals surface area contributed by atoms with Crippen molar-refractivity contribution in [3.63, 3.8) is 0 Å². The second-order valence-electron chi connectivity index (χ2n) is 3.86. The van der Waals surface area contributed by atoms with Crippen molar-refractivity contribution in [1.82, 2.24) is 9.97 Å². The van der Waals surface area contributed by atoms with E-state index in [1.165, 1.54) is 19.5 Å². The molecule has 0 atom stereocenters. The molecule has 0 aliphatic heterocycles. The number of nitrogens with zero attached hydrogens (tertiary/aromatic N) is 2. The van der Waals surface area contributed by atoms with Gasteiger partial charge in [0, 0.05) is 6.54 Å². The van der Waals surface area contributed by atoms with Crippen LogP contribution in [0.2, 0.25) is 5.02 Å². The predicted molar refractivity (Wildman–Crippen MR) is 77.4 cm³/mol. The van der Waals surface area contributed by atoms with E-state index < -0.39 is 5.82 Å². The minimum absolute atomic E-state index is 0.0370. The van der Waals surface area contributed by atoms with E-state index in [1.54, 1.807) is 12.1 Å². The number of anilines is 3. The first-order chi connectivity index (χ1) is 9.67. The average Bonchev–Trinajstić information content (AvgIpc) is 2.44. The first-order valence-electron chi connectivity index (χ1n) is 6.01. The molecule has 0 fully saturated rings. The summed E-state index contributed by atoms with van der Waals surface area (Å²) < 4.78 is 19.1. The topological polar surface area (TPSA) is 59.1 Å². The molecule has 0 spiro atoms. The number of ether oxygens (including phenoxy) is 1. The number of methoxy groups -OCH3 is 1. The Kier molecular flexibility index (Phi) is 4.57. The molecule has 1 aromatic carbocycles. The third-order valence-electron chi connectivity index (χ3n) is 2.56. The van der Waals surface area contributed by atoms with E-state index in [2.05, 4.69) is 20.6 Å². The second kappa shape index (κ2) is 6.38. The van der Waals surface area contributed by atoms with E-state index in [4.69, 9.17) is 16.3 Å². The fraction of sp³-hybridized carbons (Fsp3) is 0.231. The van der Waals surface area contributed by atoms with Crippen LogP contribution in [0.4, 0.5) is 21.7 Å². The summed E-state index contributed by atoms with van der Waals surface area (Å²) in [6, 6.07) is 4.69. The predicted octanol–water partition coefficient (Wildman–Crippen LogP) is 3.45. The fourth-order valence-corrected chi connectivity index (χ4v) is 1.85. The lowest BCUT2D eigenvalue weighted by Crippen LogP contribution is -2.06. The van der Waals surface area contributed by atoms with Gasteiger partial charge in [-0.3, -0.25) is 0 Å². The molecule has 5 nitrogen and oxygen atoms in total. The van der Waals surface area contributed by atoms with Crippen molar-refractivity contribution in [2.24, 2.45) is 0 Å². The fourth-order valence-electron chi connectivity index (χ4n) is 1.68. The van der Waals surface area contributed by atoms with Crippen LogP contribution in [0.3, 0.4) is 0 Å². The number of halogens is 2. The molecule has 2 N–H and O–H groups in total. The summed E-state index contributed by atoms with van der Waals surface area (Å²) in [7, 11) is 1.50. The van der Waals surface area contributed by atoms with Gasteiger partial charge in [0.1, 0.15) is 6.33 Å². The van der Waals surface area contributed by atoms with E-state index in [0.717, 1.165) is 0 Å². The standard InChI is InChI=1S/C13H14ClFN4O/c1-3-16-12-11(20-2)13(18-7-17-12)19-9-6-4-5-8(14)10(9)15/h4-7H,3H2,1-2H3,(H2,16,17,18,19). The molecule has 1 aromatic heterocycles. The molecule has 106 valence electrons. The lowest BCUT2D eigenvalue weighted by atomic mass is 10.3. The number of nitrogens with one attached hydrogen (secondary N) is 2. The molecule has 0 bridgehead atoms. The lowest BCUT2D eigenvalue weighted by Gasteiger charge is -2.14. The summed E-state index contributed by atoms with van der Waals surface area (Å²) in [5, 5.41) is 5.94. The van der Waals surface area contributed by atoms with Crippen molar-refractivity contribution in [2.45, 2.75) is 6.92 Å². The van der Waals surface area contributed by atoms with Gasteiger partial charge in [-0.15, -0.1) is 0 Å². The Bertz CT molecular complexity index is 609. The number of hydrogen-bond acceptors (Lipinski definition) is 5. The van der Waals surface area contributed by atoms with E-state index in [-0.39, 0.29) is 10.7 Å². The molecule has 2 aromatic rings. The van der Waals surface area contributed by atoms with Crippen LogP contribution in [0.15, 0.2) is 24.5 Å². The second-order valence-corrected chi connectivity index (χ2v) is 4.27. The van der Waals surface area contributed by atoms with Gasteiger partial charge in [-0.1, -0.05) is 17.7 Å². The molecule has 20 heavy (non-hydrogen) atoms. The third-order valence-corrected chi connectivity index (χ3v) is 2.85.